The topological polar surface area (TPSA) is 176 Å². The number of hydrogen-bond donors (Lipinski definition) is 4. The maximum absolute atomic E-state index is 10.9. The largest absolute Gasteiger partial charge is 0.490 e. The first kappa shape index (κ1) is 24.0. The van der Waals surface area contributed by atoms with E-state index in [0.717, 1.165) is 0 Å². The second kappa shape index (κ2) is 11.3. The molecule has 33 heavy (non-hydrogen) atoms. The van der Waals surface area contributed by atoms with Gasteiger partial charge in [0.25, 0.3) is 0 Å². The van der Waals surface area contributed by atoms with E-state index in [4.69, 9.17) is 19.9 Å². The van der Waals surface area contributed by atoms with E-state index in [-0.39, 0.29) is 12.5 Å². The maximum Gasteiger partial charge on any atom is 0.223 e. The highest BCUT2D eigenvalue weighted by Gasteiger charge is 2.15. The first-order chi connectivity index (χ1) is 15.9. The van der Waals surface area contributed by atoms with Gasteiger partial charge in [0.05, 0.1) is 37.4 Å². The van der Waals surface area contributed by atoms with Crippen LogP contribution in [0.5, 0.6) is 11.6 Å². The Morgan fingerprint density at radius 3 is 2.58 bits per heavy atom. The number of nitrogens with one attached hydrogen (secondary N) is 2. The molecule has 0 radical (unpaired) electrons. The van der Waals surface area contributed by atoms with Crippen molar-refractivity contribution in [2.24, 2.45) is 0 Å². The van der Waals surface area contributed by atoms with Gasteiger partial charge in [0.15, 0.2) is 5.82 Å². The van der Waals surface area contributed by atoms with Gasteiger partial charge in [-0.3, -0.25) is 0 Å². The molecule has 0 atom stereocenters. The fourth-order valence-electron chi connectivity index (χ4n) is 2.82. The molecule has 3 aromatic rings. The SMILES string of the molecule is COCCOc1cnc(Nc2cnc(OC)c(CN[SH](=O)=O)c2)c(-c2nc(C)nc(N)n2)c1. The lowest BCUT2D eigenvalue weighted by molar-refractivity contribution is 0.146. The molecule has 3 heterocycles. The number of thiol groups is 1. The number of methoxy groups -OCH3 is 2. The van der Waals surface area contributed by atoms with Crippen molar-refractivity contribution in [2.75, 3.05) is 38.5 Å². The predicted molar refractivity (Wildman–Crippen MR) is 121 cm³/mol. The van der Waals surface area contributed by atoms with E-state index in [1.807, 2.05) is 0 Å². The summed E-state index contributed by atoms with van der Waals surface area (Å²) in [7, 11) is 0.257. The van der Waals surface area contributed by atoms with E-state index in [0.29, 0.717) is 59.1 Å². The quantitative estimate of drug-likeness (QED) is 0.224. The van der Waals surface area contributed by atoms with Crippen LogP contribution in [0.4, 0.5) is 17.5 Å². The monoisotopic (exact) mass is 476 g/mol. The predicted octanol–water partition coefficient (Wildman–Crippen LogP) is 0.613. The Bertz CT molecular complexity index is 1160. The van der Waals surface area contributed by atoms with Gasteiger partial charge in [-0.15, -0.1) is 0 Å². The molecule has 0 spiro atoms. The van der Waals surface area contributed by atoms with Crippen molar-refractivity contribution < 1.29 is 22.6 Å². The molecular weight excluding hydrogens is 452 g/mol. The fraction of sp³-hybridized carbons (Fsp3) is 0.316. The number of ether oxygens (including phenoxy) is 3. The van der Waals surface area contributed by atoms with Crippen molar-refractivity contribution in [3.8, 4) is 23.0 Å². The van der Waals surface area contributed by atoms with E-state index in [1.165, 1.54) is 13.3 Å². The molecule has 4 N–H and O–H groups in total. The van der Waals surface area contributed by atoms with Gasteiger partial charge >= 0.3 is 0 Å². The highest BCUT2D eigenvalue weighted by Crippen LogP contribution is 2.31. The molecule has 0 unspecified atom stereocenters. The second-order valence-corrected chi connectivity index (χ2v) is 7.41. The number of rotatable bonds is 11. The Morgan fingerprint density at radius 2 is 1.88 bits per heavy atom. The highest BCUT2D eigenvalue weighted by molar-refractivity contribution is 7.70. The lowest BCUT2D eigenvalue weighted by Gasteiger charge is -2.14. The Kier molecular flexibility index (Phi) is 8.23. The molecule has 0 saturated heterocycles. The van der Waals surface area contributed by atoms with Crippen LogP contribution in [0.3, 0.4) is 0 Å². The van der Waals surface area contributed by atoms with E-state index in [2.05, 4.69) is 35.0 Å². The number of nitrogens with zero attached hydrogens (tertiary/aromatic N) is 5. The van der Waals surface area contributed by atoms with Crippen LogP contribution in [0.1, 0.15) is 11.4 Å². The van der Waals surface area contributed by atoms with Gasteiger partial charge in [-0.2, -0.15) is 9.97 Å². The maximum atomic E-state index is 10.9. The molecule has 0 amide bonds. The zero-order valence-corrected chi connectivity index (χ0v) is 19.1. The first-order valence-electron chi connectivity index (χ1n) is 9.67. The minimum absolute atomic E-state index is 0.0140. The van der Waals surface area contributed by atoms with Gasteiger partial charge in [-0.05, 0) is 19.1 Å². The fourth-order valence-corrected chi connectivity index (χ4v) is 3.12. The zero-order chi connectivity index (χ0) is 23.8. The van der Waals surface area contributed by atoms with Crippen LogP contribution in [-0.4, -0.2) is 60.8 Å². The molecule has 0 bridgehead atoms. The lowest BCUT2D eigenvalue weighted by atomic mass is 10.2. The third-order valence-corrected chi connectivity index (χ3v) is 4.62. The Labute approximate surface area is 191 Å². The van der Waals surface area contributed by atoms with Gasteiger partial charge in [-0.1, -0.05) is 0 Å². The number of anilines is 3. The lowest BCUT2D eigenvalue weighted by Crippen LogP contribution is -2.12. The molecule has 176 valence electrons. The smallest absolute Gasteiger partial charge is 0.223 e. The van der Waals surface area contributed by atoms with E-state index >= 15 is 0 Å². The summed E-state index contributed by atoms with van der Waals surface area (Å²) < 4.78 is 40.1. The molecule has 3 aromatic heterocycles. The van der Waals surface area contributed by atoms with Gasteiger partial charge in [-0.25, -0.2) is 28.1 Å². The van der Waals surface area contributed by atoms with E-state index < -0.39 is 10.9 Å². The summed E-state index contributed by atoms with van der Waals surface area (Å²) in [6, 6.07) is 3.42. The van der Waals surface area contributed by atoms with Crippen molar-refractivity contribution in [3.05, 3.63) is 35.9 Å². The van der Waals surface area contributed by atoms with Crippen LogP contribution in [0.15, 0.2) is 24.5 Å². The number of aryl methyl sites for hydroxylation is 1. The van der Waals surface area contributed by atoms with Gasteiger partial charge < -0.3 is 25.3 Å². The van der Waals surface area contributed by atoms with E-state index in [9.17, 15) is 8.42 Å². The normalized spacial score (nSPS) is 10.9. The van der Waals surface area contributed by atoms with Crippen molar-refractivity contribution in [2.45, 2.75) is 13.5 Å². The van der Waals surface area contributed by atoms with Crippen LogP contribution in [0.25, 0.3) is 11.4 Å². The second-order valence-electron chi connectivity index (χ2n) is 6.58. The molecule has 0 saturated carbocycles. The zero-order valence-electron chi connectivity index (χ0n) is 18.2. The number of pyridine rings is 2. The number of aromatic nitrogens is 5. The van der Waals surface area contributed by atoms with Gasteiger partial charge in [0.1, 0.15) is 24.0 Å². The molecule has 13 nitrogen and oxygen atoms in total. The summed E-state index contributed by atoms with van der Waals surface area (Å²) in [5.41, 5.74) is 7.40. The standard InChI is InChI=1S/C19H24N8O5S/c1-11-24-17(27-19(20)25-11)15-7-14(32-5-4-30-2)10-21-16(15)26-13-6-12(8-23-33(28)29)18(31-3)22-9-13/h6-7,9-10,33H,4-5,8H2,1-3H3,(H,21,26)(H,23,28,29)(H2,20,24,25,27). The third kappa shape index (κ3) is 6.68. The Balaban J connectivity index is 1.98. The summed E-state index contributed by atoms with van der Waals surface area (Å²) >= 11 is 0. The highest BCUT2D eigenvalue weighted by atomic mass is 32.2. The summed E-state index contributed by atoms with van der Waals surface area (Å²) in [5.74, 6) is 2.00. The van der Waals surface area contributed by atoms with Crippen molar-refractivity contribution in [3.63, 3.8) is 0 Å². The molecule has 0 aliphatic rings. The van der Waals surface area contributed by atoms with Crippen LogP contribution in [-0.2, 0) is 22.2 Å². The van der Waals surface area contributed by atoms with Gasteiger partial charge in [0, 0.05) is 19.2 Å². The Morgan fingerprint density at radius 1 is 1.06 bits per heavy atom. The summed E-state index contributed by atoms with van der Waals surface area (Å²) in [4.78, 5) is 21.3. The summed E-state index contributed by atoms with van der Waals surface area (Å²) in [5, 5.41) is 3.15. The number of nitrogen functional groups attached to an aromatic ring is 1. The van der Waals surface area contributed by atoms with Crippen molar-refractivity contribution >= 4 is 28.3 Å². The van der Waals surface area contributed by atoms with Crippen molar-refractivity contribution in [1.29, 1.82) is 0 Å². The third-order valence-electron chi connectivity index (χ3n) is 4.20. The summed E-state index contributed by atoms with van der Waals surface area (Å²) in [6.45, 7) is 2.47. The molecule has 3 rings (SSSR count). The summed E-state index contributed by atoms with van der Waals surface area (Å²) in [6.07, 6.45) is 3.07. The number of hydrogen-bond acceptors (Lipinski definition) is 12. The molecule has 0 aliphatic carbocycles. The van der Waals surface area contributed by atoms with Crippen LogP contribution in [0.2, 0.25) is 0 Å². The molecule has 0 aromatic carbocycles. The average molecular weight is 477 g/mol. The first-order valence-corrected chi connectivity index (χ1v) is 10.9. The van der Waals surface area contributed by atoms with Crippen molar-refractivity contribution in [1.82, 2.24) is 29.6 Å². The molecule has 14 heteroatoms. The van der Waals surface area contributed by atoms with Crippen LogP contribution in [0, 0.1) is 6.92 Å². The molecular formula is C19H24N8O5S. The average Bonchev–Trinajstić information content (AvgIpc) is 2.78. The minimum atomic E-state index is -2.77. The van der Waals surface area contributed by atoms with Crippen LogP contribution >= 0.6 is 0 Å². The van der Waals surface area contributed by atoms with Gasteiger partial charge in [0.2, 0.25) is 22.7 Å². The molecule has 0 aliphatic heterocycles. The minimum Gasteiger partial charge on any atom is -0.490 e. The Hall–Kier alpha value is -3.62. The van der Waals surface area contributed by atoms with E-state index in [1.54, 1.807) is 32.4 Å². The van der Waals surface area contributed by atoms with Crippen LogP contribution < -0.4 is 25.2 Å². The molecule has 0 fully saturated rings. The number of nitrogens with two attached hydrogens (primary N) is 1.